The Hall–Kier alpha value is -1.79. The van der Waals surface area contributed by atoms with Crippen molar-refractivity contribution in [3.63, 3.8) is 0 Å². The van der Waals surface area contributed by atoms with Gasteiger partial charge < -0.3 is 25.0 Å². The quantitative estimate of drug-likeness (QED) is 0.572. The number of guanidine groups is 1. The van der Waals surface area contributed by atoms with E-state index in [2.05, 4.69) is 53.7 Å². The summed E-state index contributed by atoms with van der Waals surface area (Å²) in [5.41, 5.74) is 2.58. The maximum Gasteiger partial charge on any atom is 0.191 e. The summed E-state index contributed by atoms with van der Waals surface area (Å²) in [6, 6.07) is 6.29. The van der Waals surface area contributed by atoms with Gasteiger partial charge in [0.05, 0.1) is 7.11 Å². The average Bonchev–Trinajstić information content (AvgIpc) is 2.65. The van der Waals surface area contributed by atoms with Crippen LogP contribution in [0.1, 0.15) is 24.0 Å². The molecule has 2 N–H and O–H groups in total. The predicted octanol–water partition coefficient (Wildman–Crippen LogP) is 1.82. The summed E-state index contributed by atoms with van der Waals surface area (Å²) < 4.78 is 11.0. The smallest absolute Gasteiger partial charge is 0.191 e. The summed E-state index contributed by atoms with van der Waals surface area (Å²) in [5.74, 6) is 1.78. The normalized spacial score (nSPS) is 17.2. The lowest BCUT2D eigenvalue weighted by atomic mass is 9.88. The van der Waals surface area contributed by atoms with Gasteiger partial charge in [-0.25, -0.2) is 0 Å². The molecule has 0 saturated carbocycles. The fourth-order valence-corrected chi connectivity index (χ4v) is 3.42. The second-order valence-corrected chi connectivity index (χ2v) is 7.15. The highest BCUT2D eigenvalue weighted by Gasteiger charge is 2.34. The minimum atomic E-state index is 0.121. The van der Waals surface area contributed by atoms with E-state index in [1.807, 2.05) is 13.1 Å². The van der Waals surface area contributed by atoms with Gasteiger partial charge in [0, 0.05) is 38.9 Å². The molecule has 0 aliphatic carbocycles. The number of methoxy groups -OCH3 is 1. The number of rotatable bonds is 7. The number of benzene rings is 1. The molecule has 6 heteroatoms. The summed E-state index contributed by atoms with van der Waals surface area (Å²) in [7, 11) is 7.83. The molecule has 26 heavy (non-hydrogen) atoms. The van der Waals surface area contributed by atoms with Gasteiger partial charge in [-0.3, -0.25) is 4.99 Å². The minimum Gasteiger partial charge on any atom is -0.496 e. The number of hydrogen-bond acceptors (Lipinski definition) is 4. The molecule has 0 amide bonds. The second kappa shape index (κ2) is 9.78. The summed E-state index contributed by atoms with van der Waals surface area (Å²) in [6.07, 6.45) is 2.95. The molecule has 0 atom stereocenters. The topological polar surface area (TPSA) is 58.1 Å². The van der Waals surface area contributed by atoms with Crippen LogP contribution < -0.4 is 15.4 Å². The minimum absolute atomic E-state index is 0.121. The van der Waals surface area contributed by atoms with Gasteiger partial charge in [0.2, 0.25) is 0 Å². The van der Waals surface area contributed by atoms with Crippen LogP contribution in [0, 0.1) is 6.92 Å². The number of likely N-dealkylation sites (N-methyl/N-ethyl adjacent to an activating group) is 1. The number of aliphatic imine (C=N–C) groups is 1. The molecule has 1 saturated heterocycles. The van der Waals surface area contributed by atoms with E-state index in [-0.39, 0.29) is 5.54 Å². The van der Waals surface area contributed by atoms with Crippen molar-refractivity contribution in [2.45, 2.75) is 31.7 Å². The molecule has 1 aromatic rings. The SMILES string of the molecule is CN=C(NCCc1cc(C)ccc1OC)NCC1(N(C)C)CCOCC1. The van der Waals surface area contributed by atoms with Crippen LogP contribution >= 0.6 is 0 Å². The van der Waals surface area contributed by atoms with E-state index < -0.39 is 0 Å². The predicted molar refractivity (Wildman–Crippen MR) is 107 cm³/mol. The third-order valence-electron chi connectivity index (χ3n) is 5.30. The summed E-state index contributed by atoms with van der Waals surface area (Å²) in [5, 5.41) is 6.92. The van der Waals surface area contributed by atoms with E-state index in [1.54, 1.807) is 7.11 Å². The van der Waals surface area contributed by atoms with Crippen molar-refractivity contribution in [3.05, 3.63) is 29.3 Å². The molecule has 1 aliphatic rings. The van der Waals surface area contributed by atoms with Gasteiger partial charge >= 0.3 is 0 Å². The van der Waals surface area contributed by atoms with Crippen LogP contribution in [0.3, 0.4) is 0 Å². The first-order valence-corrected chi connectivity index (χ1v) is 9.34. The van der Waals surface area contributed by atoms with Crippen molar-refractivity contribution >= 4 is 5.96 Å². The summed E-state index contributed by atoms with van der Waals surface area (Å²) in [6.45, 7) is 5.40. The fourth-order valence-electron chi connectivity index (χ4n) is 3.42. The zero-order valence-electron chi connectivity index (χ0n) is 16.9. The Morgan fingerprint density at radius 3 is 2.62 bits per heavy atom. The number of ether oxygens (including phenoxy) is 2. The Bertz CT molecular complexity index is 595. The van der Waals surface area contributed by atoms with Crippen molar-refractivity contribution in [1.29, 1.82) is 0 Å². The highest BCUT2D eigenvalue weighted by molar-refractivity contribution is 5.79. The molecule has 0 aromatic heterocycles. The van der Waals surface area contributed by atoms with Crippen LogP contribution in [0.15, 0.2) is 23.2 Å². The summed E-state index contributed by atoms with van der Waals surface area (Å²) in [4.78, 5) is 6.68. The highest BCUT2D eigenvalue weighted by atomic mass is 16.5. The van der Waals surface area contributed by atoms with Gasteiger partial charge in [-0.1, -0.05) is 17.7 Å². The molecule has 146 valence electrons. The number of aryl methyl sites for hydroxylation is 1. The molecule has 0 spiro atoms. The standard InChI is InChI=1S/C20H34N4O2/c1-16-6-7-18(25-5)17(14-16)8-11-22-19(21-2)23-15-20(24(3)4)9-12-26-13-10-20/h6-7,14H,8-13,15H2,1-5H3,(H2,21,22,23). The third-order valence-corrected chi connectivity index (χ3v) is 5.30. The van der Waals surface area contributed by atoms with E-state index >= 15 is 0 Å². The molecular formula is C20H34N4O2. The number of nitrogens with one attached hydrogen (secondary N) is 2. The van der Waals surface area contributed by atoms with Crippen LogP contribution in [0.4, 0.5) is 0 Å². The van der Waals surface area contributed by atoms with Crippen LogP contribution in [0.25, 0.3) is 0 Å². The molecule has 1 fully saturated rings. The molecule has 0 unspecified atom stereocenters. The van der Waals surface area contributed by atoms with Gasteiger partial charge in [0.1, 0.15) is 5.75 Å². The van der Waals surface area contributed by atoms with Gasteiger partial charge in [-0.05, 0) is 51.9 Å². The zero-order chi connectivity index (χ0) is 19.0. The zero-order valence-corrected chi connectivity index (χ0v) is 16.9. The maximum absolute atomic E-state index is 5.54. The van der Waals surface area contributed by atoms with E-state index in [4.69, 9.17) is 9.47 Å². The van der Waals surface area contributed by atoms with Crippen molar-refractivity contribution in [3.8, 4) is 5.75 Å². The van der Waals surface area contributed by atoms with Crippen molar-refractivity contribution in [2.75, 3.05) is 54.6 Å². The van der Waals surface area contributed by atoms with Crippen LogP contribution in [0.2, 0.25) is 0 Å². The first-order valence-electron chi connectivity index (χ1n) is 9.34. The Labute approximate surface area is 158 Å². The molecule has 0 radical (unpaired) electrons. The average molecular weight is 363 g/mol. The third kappa shape index (κ3) is 5.35. The molecular weight excluding hydrogens is 328 g/mol. The van der Waals surface area contributed by atoms with Crippen LogP contribution in [-0.2, 0) is 11.2 Å². The van der Waals surface area contributed by atoms with E-state index in [0.29, 0.717) is 0 Å². The Morgan fingerprint density at radius 2 is 2.00 bits per heavy atom. The molecule has 0 bridgehead atoms. The lowest BCUT2D eigenvalue weighted by molar-refractivity contribution is -0.00500. The second-order valence-electron chi connectivity index (χ2n) is 7.15. The van der Waals surface area contributed by atoms with Gasteiger partial charge in [0.15, 0.2) is 5.96 Å². The highest BCUT2D eigenvalue weighted by Crippen LogP contribution is 2.25. The first kappa shape index (κ1) is 20.5. The monoisotopic (exact) mass is 362 g/mol. The van der Waals surface area contributed by atoms with Crippen molar-refractivity contribution < 1.29 is 9.47 Å². The molecule has 1 aliphatic heterocycles. The first-order chi connectivity index (χ1) is 12.5. The molecule has 1 heterocycles. The van der Waals surface area contributed by atoms with E-state index in [1.165, 1.54) is 11.1 Å². The Kier molecular flexibility index (Phi) is 7.72. The van der Waals surface area contributed by atoms with Gasteiger partial charge in [-0.15, -0.1) is 0 Å². The number of hydrogen-bond donors (Lipinski definition) is 2. The van der Waals surface area contributed by atoms with Crippen molar-refractivity contribution in [2.24, 2.45) is 4.99 Å². The van der Waals surface area contributed by atoms with E-state index in [9.17, 15) is 0 Å². The van der Waals surface area contributed by atoms with Gasteiger partial charge in [0.25, 0.3) is 0 Å². The fraction of sp³-hybridized carbons (Fsp3) is 0.650. The lowest BCUT2D eigenvalue weighted by Gasteiger charge is -2.43. The van der Waals surface area contributed by atoms with Crippen LogP contribution in [0.5, 0.6) is 5.75 Å². The molecule has 6 nitrogen and oxygen atoms in total. The largest absolute Gasteiger partial charge is 0.496 e. The number of nitrogens with zero attached hydrogens (tertiary/aromatic N) is 2. The van der Waals surface area contributed by atoms with Gasteiger partial charge in [-0.2, -0.15) is 0 Å². The lowest BCUT2D eigenvalue weighted by Crippen LogP contribution is -2.57. The molecule has 1 aromatic carbocycles. The molecule has 2 rings (SSSR count). The Morgan fingerprint density at radius 1 is 1.27 bits per heavy atom. The maximum atomic E-state index is 5.54. The summed E-state index contributed by atoms with van der Waals surface area (Å²) >= 11 is 0. The van der Waals surface area contributed by atoms with Crippen LogP contribution in [-0.4, -0.2) is 71.0 Å². The Balaban J connectivity index is 1.87. The van der Waals surface area contributed by atoms with E-state index in [0.717, 1.165) is 57.3 Å². The van der Waals surface area contributed by atoms with Crippen molar-refractivity contribution in [1.82, 2.24) is 15.5 Å².